The summed E-state index contributed by atoms with van der Waals surface area (Å²) >= 11 is 0. The van der Waals surface area contributed by atoms with Gasteiger partial charge in [0, 0.05) is 7.05 Å². The fourth-order valence-electron chi connectivity index (χ4n) is 1.05. The first-order valence-corrected chi connectivity index (χ1v) is 4.60. The summed E-state index contributed by atoms with van der Waals surface area (Å²) in [7, 11) is 2.82. The van der Waals surface area contributed by atoms with Crippen molar-refractivity contribution in [3.8, 4) is 0 Å². The fourth-order valence-corrected chi connectivity index (χ4v) is 1.05. The van der Waals surface area contributed by atoms with Crippen LogP contribution in [-0.2, 0) is 14.3 Å². The van der Waals surface area contributed by atoms with E-state index in [1.807, 2.05) is 6.92 Å². The molecular formula is C9H18N2O3. The summed E-state index contributed by atoms with van der Waals surface area (Å²) in [5.74, 6) is -0.665. The van der Waals surface area contributed by atoms with E-state index in [-0.39, 0.29) is 12.5 Å². The highest BCUT2D eigenvalue weighted by atomic mass is 16.5. The molecule has 0 saturated carbocycles. The van der Waals surface area contributed by atoms with Crippen LogP contribution in [0.1, 0.15) is 19.8 Å². The maximum Gasteiger partial charge on any atom is 0.325 e. The highest BCUT2D eigenvalue weighted by molar-refractivity contribution is 5.85. The maximum absolute atomic E-state index is 11.5. The molecule has 0 aromatic carbocycles. The van der Waals surface area contributed by atoms with Crippen LogP contribution < -0.4 is 5.73 Å². The first-order valence-electron chi connectivity index (χ1n) is 4.60. The van der Waals surface area contributed by atoms with Crippen LogP contribution in [0.2, 0.25) is 0 Å². The predicted octanol–water partition coefficient (Wildman–Crippen LogP) is -0.255. The zero-order valence-electron chi connectivity index (χ0n) is 8.95. The minimum Gasteiger partial charge on any atom is -0.468 e. The number of carbonyl (C=O) groups is 2. The second kappa shape index (κ2) is 6.37. The summed E-state index contributed by atoms with van der Waals surface area (Å²) in [6.07, 6.45) is 1.48. The second-order valence-electron chi connectivity index (χ2n) is 3.17. The van der Waals surface area contributed by atoms with E-state index in [0.29, 0.717) is 6.42 Å². The van der Waals surface area contributed by atoms with Crippen LogP contribution >= 0.6 is 0 Å². The molecule has 1 unspecified atom stereocenters. The van der Waals surface area contributed by atoms with Gasteiger partial charge in [-0.15, -0.1) is 0 Å². The third-order valence-electron chi connectivity index (χ3n) is 1.89. The monoisotopic (exact) mass is 202 g/mol. The van der Waals surface area contributed by atoms with Gasteiger partial charge >= 0.3 is 5.97 Å². The van der Waals surface area contributed by atoms with Gasteiger partial charge in [0.1, 0.15) is 6.54 Å². The Hall–Kier alpha value is -1.10. The summed E-state index contributed by atoms with van der Waals surface area (Å²) in [6.45, 7) is 1.90. The molecule has 0 aromatic rings. The lowest BCUT2D eigenvalue weighted by atomic mass is 10.1. The average molecular weight is 202 g/mol. The van der Waals surface area contributed by atoms with Gasteiger partial charge < -0.3 is 15.4 Å². The molecule has 82 valence electrons. The van der Waals surface area contributed by atoms with Crippen LogP contribution in [0.25, 0.3) is 0 Å². The van der Waals surface area contributed by atoms with Crippen molar-refractivity contribution in [3.63, 3.8) is 0 Å². The number of methoxy groups -OCH3 is 1. The van der Waals surface area contributed by atoms with E-state index >= 15 is 0 Å². The summed E-state index contributed by atoms with van der Waals surface area (Å²) in [6, 6.07) is -0.519. The van der Waals surface area contributed by atoms with Crippen molar-refractivity contribution in [2.45, 2.75) is 25.8 Å². The average Bonchev–Trinajstić information content (AvgIpc) is 2.16. The zero-order valence-corrected chi connectivity index (χ0v) is 8.95. The highest BCUT2D eigenvalue weighted by Gasteiger charge is 2.19. The van der Waals surface area contributed by atoms with Crippen LogP contribution in [0.15, 0.2) is 0 Å². The molecule has 14 heavy (non-hydrogen) atoms. The van der Waals surface area contributed by atoms with Gasteiger partial charge in [0.25, 0.3) is 0 Å². The molecule has 2 N–H and O–H groups in total. The third kappa shape index (κ3) is 4.23. The van der Waals surface area contributed by atoms with Crippen molar-refractivity contribution in [2.75, 3.05) is 20.7 Å². The number of amides is 1. The Morgan fingerprint density at radius 2 is 2.07 bits per heavy atom. The van der Waals surface area contributed by atoms with Gasteiger partial charge in [0.2, 0.25) is 5.91 Å². The first kappa shape index (κ1) is 12.9. The molecule has 0 aliphatic carbocycles. The number of likely N-dealkylation sites (N-methyl/N-ethyl adjacent to an activating group) is 1. The highest BCUT2D eigenvalue weighted by Crippen LogP contribution is 1.98. The van der Waals surface area contributed by atoms with Gasteiger partial charge in [-0.05, 0) is 6.42 Å². The lowest BCUT2D eigenvalue weighted by Gasteiger charge is -2.19. The van der Waals surface area contributed by atoms with Crippen molar-refractivity contribution in [2.24, 2.45) is 5.73 Å². The topological polar surface area (TPSA) is 72.6 Å². The standard InChI is InChI=1S/C9H18N2O3/c1-4-5-7(10)9(13)11(2)6-8(12)14-3/h7H,4-6,10H2,1-3H3. The van der Waals surface area contributed by atoms with Gasteiger partial charge in [0.15, 0.2) is 0 Å². The number of nitrogens with zero attached hydrogens (tertiary/aromatic N) is 1. The van der Waals surface area contributed by atoms with E-state index in [4.69, 9.17) is 5.73 Å². The van der Waals surface area contributed by atoms with Crippen molar-refractivity contribution in [3.05, 3.63) is 0 Å². The Morgan fingerprint density at radius 1 is 1.50 bits per heavy atom. The number of esters is 1. The fraction of sp³-hybridized carbons (Fsp3) is 0.778. The van der Waals surface area contributed by atoms with Crippen LogP contribution in [0, 0.1) is 0 Å². The lowest BCUT2D eigenvalue weighted by Crippen LogP contribution is -2.43. The van der Waals surface area contributed by atoms with Crippen molar-refractivity contribution in [1.82, 2.24) is 4.90 Å². The minimum absolute atomic E-state index is 0.0489. The van der Waals surface area contributed by atoms with E-state index in [0.717, 1.165) is 6.42 Å². The molecule has 0 bridgehead atoms. The number of carbonyl (C=O) groups excluding carboxylic acids is 2. The Labute approximate surface area is 84.2 Å². The molecule has 0 saturated heterocycles. The Bertz CT molecular complexity index is 206. The number of nitrogens with two attached hydrogens (primary N) is 1. The third-order valence-corrected chi connectivity index (χ3v) is 1.89. The van der Waals surface area contributed by atoms with Crippen LogP contribution in [0.4, 0.5) is 0 Å². The van der Waals surface area contributed by atoms with Gasteiger partial charge in [-0.1, -0.05) is 13.3 Å². The van der Waals surface area contributed by atoms with Gasteiger partial charge in [-0.2, -0.15) is 0 Å². The molecule has 0 spiro atoms. The zero-order chi connectivity index (χ0) is 11.1. The normalized spacial score (nSPS) is 12.0. The van der Waals surface area contributed by atoms with E-state index in [9.17, 15) is 9.59 Å². The molecule has 0 fully saturated rings. The van der Waals surface area contributed by atoms with E-state index in [1.165, 1.54) is 19.1 Å². The van der Waals surface area contributed by atoms with Crippen LogP contribution in [0.5, 0.6) is 0 Å². The van der Waals surface area contributed by atoms with Gasteiger partial charge in [-0.25, -0.2) is 0 Å². The molecule has 5 nitrogen and oxygen atoms in total. The van der Waals surface area contributed by atoms with Crippen molar-refractivity contribution in [1.29, 1.82) is 0 Å². The van der Waals surface area contributed by atoms with E-state index < -0.39 is 12.0 Å². The first-order chi connectivity index (χ1) is 6.52. The van der Waals surface area contributed by atoms with E-state index in [2.05, 4.69) is 4.74 Å². The SMILES string of the molecule is CCCC(N)C(=O)N(C)CC(=O)OC. The predicted molar refractivity (Wildman–Crippen MR) is 52.5 cm³/mol. The lowest BCUT2D eigenvalue weighted by molar-refractivity contribution is -0.146. The van der Waals surface area contributed by atoms with Gasteiger partial charge in [0.05, 0.1) is 13.2 Å². The Balaban J connectivity index is 4.04. The minimum atomic E-state index is -0.519. The van der Waals surface area contributed by atoms with Crippen molar-refractivity contribution < 1.29 is 14.3 Å². The molecule has 0 rings (SSSR count). The summed E-state index contributed by atoms with van der Waals surface area (Å²) in [4.78, 5) is 23.6. The molecule has 0 aromatic heterocycles. The molecule has 1 atom stereocenters. The van der Waals surface area contributed by atoms with Crippen LogP contribution in [0.3, 0.4) is 0 Å². The molecule has 5 heteroatoms. The Kier molecular flexibility index (Phi) is 5.87. The molecule has 0 aliphatic heterocycles. The summed E-state index contributed by atoms with van der Waals surface area (Å²) in [5, 5.41) is 0. The molecule has 0 radical (unpaired) electrons. The van der Waals surface area contributed by atoms with Crippen molar-refractivity contribution >= 4 is 11.9 Å². The molecular weight excluding hydrogens is 184 g/mol. The quantitative estimate of drug-likeness (QED) is 0.624. The number of rotatable bonds is 5. The maximum atomic E-state index is 11.5. The number of hydrogen-bond acceptors (Lipinski definition) is 4. The molecule has 0 heterocycles. The summed E-state index contributed by atoms with van der Waals surface area (Å²) in [5.41, 5.74) is 5.60. The van der Waals surface area contributed by atoms with E-state index in [1.54, 1.807) is 0 Å². The Morgan fingerprint density at radius 3 is 2.50 bits per heavy atom. The number of hydrogen-bond donors (Lipinski definition) is 1. The van der Waals surface area contributed by atoms with Crippen LogP contribution in [-0.4, -0.2) is 43.5 Å². The van der Waals surface area contributed by atoms with Gasteiger partial charge in [-0.3, -0.25) is 9.59 Å². The smallest absolute Gasteiger partial charge is 0.325 e. The second-order valence-corrected chi connectivity index (χ2v) is 3.17. The molecule has 1 amide bonds. The number of ether oxygens (including phenoxy) is 1. The largest absolute Gasteiger partial charge is 0.468 e. The molecule has 0 aliphatic rings. The summed E-state index contributed by atoms with van der Waals surface area (Å²) < 4.78 is 4.44.